The summed E-state index contributed by atoms with van der Waals surface area (Å²) in [4.78, 5) is 15.8. The molecule has 0 radical (unpaired) electrons. The van der Waals surface area contributed by atoms with E-state index in [2.05, 4.69) is 16.6 Å². The Morgan fingerprint density at radius 3 is 2.93 bits per heavy atom. The first-order chi connectivity index (χ1) is 7.11. The highest BCUT2D eigenvalue weighted by Gasteiger charge is 2.10. The minimum Gasteiger partial charge on any atom is -0.295 e. The SMILES string of the molecule is C=CCSC(Cl)=NOC(=O)N(C)SSC. The fourth-order valence-corrected chi connectivity index (χ4v) is 2.17. The first-order valence-corrected chi connectivity index (χ1v) is 7.62. The van der Waals surface area contributed by atoms with Crippen molar-refractivity contribution in [1.29, 1.82) is 0 Å². The van der Waals surface area contributed by atoms with Crippen LogP contribution in [0.2, 0.25) is 0 Å². The summed E-state index contributed by atoms with van der Waals surface area (Å²) in [6.45, 7) is 3.52. The molecule has 0 saturated carbocycles. The maximum absolute atomic E-state index is 11.2. The molecule has 4 nitrogen and oxygen atoms in total. The summed E-state index contributed by atoms with van der Waals surface area (Å²) in [7, 11) is 4.26. The van der Waals surface area contributed by atoms with Crippen molar-refractivity contribution in [2.24, 2.45) is 5.16 Å². The highest BCUT2D eigenvalue weighted by Crippen LogP contribution is 2.21. The highest BCUT2D eigenvalue weighted by molar-refractivity contribution is 8.75. The van der Waals surface area contributed by atoms with E-state index < -0.39 is 6.09 Å². The van der Waals surface area contributed by atoms with Crippen molar-refractivity contribution in [2.45, 2.75) is 0 Å². The molecule has 0 aromatic carbocycles. The molecule has 8 heteroatoms. The number of nitrogens with zero attached hydrogens (tertiary/aromatic N) is 2. The lowest BCUT2D eigenvalue weighted by atomic mass is 10.8. The average Bonchev–Trinajstić information content (AvgIpc) is 2.23. The van der Waals surface area contributed by atoms with Gasteiger partial charge in [-0.15, -0.1) is 6.58 Å². The van der Waals surface area contributed by atoms with E-state index in [0.29, 0.717) is 5.75 Å². The lowest BCUT2D eigenvalue weighted by molar-refractivity contribution is 0.138. The van der Waals surface area contributed by atoms with E-state index in [9.17, 15) is 4.79 Å². The van der Waals surface area contributed by atoms with Crippen molar-refractivity contribution >= 4 is 55.7 Å². The highest BCUT2D eigenvalue weighted by atomic mass is 35.5. The predicted octanol–water partition coefficient (Wildman–Crippen LogP) is 3.41. The molecule has 0 fully saturated rings. The molecule has 86 valence electrons. The third-order valence-corrected chi connectivity index (χ3v) is 3.71. The maximum Gasteiger partial charge on any atom is 0.446 e. The number of carbonyl (C=O) groups excluding carboxylic acids is 1. The number of amides is 1. The minimum atomic E-state index is -0.563. The Labute approximate surface area is 106 Å². The first kappa shape index (κ1) is 15.0. The van der Waals surface area contributed by atoms with Gasteiger partial charge < -0.3 is 0 Å². The van der Waals surface area contributed by atoms with E-state index in [4.69, 9.17) is 11.6 Å². The number of carbonyl (C=O) groups is 1. The van der Waals surface area contributed by atoms with Gasteiger partial charge >= 0.3 is 6.09 Å². The van der Waals surface area contributed by atoms with Crippen LogP contribution in [0.25, 0.3) is 0 Å². The van der Waals surface area contributed by atoms with Crippen LogP contribution in [-0.2, 0) is 4.84 Å². The van der Waals surface area contributed by atoms with Crippen molar-refractivity contribution < 1.29 is 9.63 Å². The Morgan fingerprint density at radius 2 is 2.40 bits per heavy atom. The quantitative estimate of drug-likeness (QED) is 0.147. The van der Waals surface area contributed by atoms with E-state index in [1.165, 1.54) is 37.8 Å². The molecule has 0 heterocycles. The molecule has 0 aromatic rings. The predicted molar refractivity (Wildman–Crippen MR) is 71.3 cm³/mol. The molecule has 0 aliphatic carbocycles. The molecule has 0 aromatic heterocycles. The van der Waals surface area contributed by atoms with Gasteiger partial charge in [0, 0.05) is 23.8 Å². The molecule has 0 N–H and O–H groups in total. The molecule has 1 amide bonds. The van der Waals surface area contributed by atoms with Crippen molar-refractivity contribution in [3.63, 3.8) is 0 Å². The molecule has 0 atom stereocenters. The second-order valence-electron chi connectivity index (χ2n) is 2.04. The van der Waals surface area contributed by atoms with Gasteiger partial charge in [-0.2, -0.15) is 0 Å². The van der Waals surface area contributed by atoms with Crippen LogP contribution < -0.4 is 0 Å². The molecule has 0 bridgehead atoms. The molecule has 15 heavy (non-hydrogen) atoms. The fourth-order valence-electron chi connectivity index (χ4n) is 0.429. The number of hydrogen-bond donors (Lipinski definition) is 0. The van der Waals surface area contributed by atoms with Gasteiger partial charge in [0.25, 0.3) is 0 Å². The average molecular weight is 287 g/mol. The maximum atomic E-state index is 11.2. The molecular formula is C7H11ClN2O2S3. The molecule has 0 aliphatic heterocycles. The normalized spacial score (nSPS) is 11.0. The Kier molecular flexibility index (Phi) is 9.27. The standard InChI is InChI=1S/C7H11ClN2O2S3/c1-4-5-14-6(8)9-12-7(11)10(2)15-13-3/h4H,1,5H2,2-3H3. The van der Waals surface area contributed by atoms with E-state index in [-0.39, 0.29) is 4.50 Å². The summed E-state index contributed by atoms with van der Waals surface area (Å²) in [6, 6.07) is 0. The van der Waals surface area contributed by atoms with Crippen molar-refractivity contribution in [3.8, 4) is 0 Å². The lowest BCUT2D eigenvalue weighted by Gasteiger charge is -2.10. The first-order valence-electron chi connectivity index (χ1n) is 3.74. The number of rotatable bonds is 5. The Morgan fingerprint density at radius 1 is 1.73 bits per heavy atom. The molecule has 0 rings (SSSR count). The molecule has 0 saturated heterocycles. The number of thioether (sulfide) groups is 1. The molecule has 0 unspecified atom stereocenters. The van der Waals surface area contributed by atoms with Crippen LogP contribution in [0.5, 0.6) is 0 Å². The second kappa shape index (κ2) is 9.26. The van der Waals surface area contributed by atoms with Gasteiger partial charge in [-0.25, -0.2) is 9.10 Å². The van der Waals surface area contributed by atoms with Gasteiger partial charge in [0.15, 0.2) is 0 Å². The number of oxime groups is 1. The Balaban J connectivity index is 3.91. The zero-order valence-corrected chi connectivity index (χ0v) is 11.5. The zero-order valence-electron chi connectivity index (χ0n) is 8.31. The summed E-state index contributed by atoms with van der Waals surface area (Å²) in [5.74, 6) is 0.620. The topological polar surface area (TPSA) is 41.9 Å². The van der Waals surface area contributed by atoms with Gasteiger partial charge in [0.1, 0.15) is 0 Å². The van der Waals surface area contributed by atoms with E-state index in [0.717, 1.165) is 0 Å². The van der Waals surface area contributed by atoms with Gasteiger partial charge in [-0.05, 0) is 6.26 Å². The third kappa shape index (κ3) is 7.89. The van der Waals surface area contributed by atoms with Crippen LogP contribution in [0.1, 0.15) is 0 Å². The third-order valence-electron chi connectivity index (χ3n) is 0.959. The van der Waals surface area contributed by atoms with Crippen molar-refractivity contribution in [1.82, 2.24) is 4.31 Å². The second-order valence-corrected chi connectivity index (χ2v) is 6.11. The van der Waals surface area contributed by atoms with Gasteiger partial charge in [0.05, 0.1) is 0 Å². The summed E-state index contributed by atoms with van der Waals surface area (Å²) in [5, 5.41) is 3.45. The van der Waals surface area contributed by atoms with Crippen LogP contribution in [-0.4, -0.2) is 34.0 Å². The number of hydrogen-bond acceptors (Lipinski definition) is 6. The van der Waals surface area contributed by atoms with E-state index in [1.54, 1.807) is 13.1 Å². The van der Waals surface area contributed by atoms with Crippen molar-refractivity contribution in [3.05, 3.63) is 12.7 Å². The van der Waals surface area contributed by atoms with Gasteiger partial charge in [-0.1, -0.05) is 45.4 Å². The van der Waals surface area contributed by atoms with Crippen LogP contribution in [0.4, 0.5) is 4.79 Å². The Hall–Kier alpha value is 0.0200. The summed E-state index contributed by atoms with van der Waals surface area (Å²) in [6.07, 6.45) is 2.97. The van der Waals surface area contributed by atoms with E-state index >= 15 is 0 Å². The van der Waals surface area contributed by atoms with Crippen LogP contribution in [0.3, 0.4) is 0 Å². The minimum absolute atomic E-state index is 0.172. The lowest BCUT2D eigenvalue weighted by Crippen LogP contribution is -2.17. The molecule has 0 spiro atoms. The summed E-state index contributed by atoms with van der Waals surface area (Å²) >= 11 is 6.88. The van der Waals surface area contributed by atoms with Crippen LogP contribution in [0, 0.1) is 0 Å². The van der Waals surface area contributed by atoms with Crippen LogP contribution >= 0.6 is 45.1 Å². The van der Waals surface area contributed by atoms with Gasteiger partial charge in [-0.3, -0.25) is 4.84 Å². The largest absolute Gasteiger partial charge is 0.446 e. The fraction of sp³-hybridized carbons (Fsp3) is 0.429. The zero-order chi connectivity index (χ0) is 11.7. The molecular weight excluding hydrogens is 276 g/mol. The summed E-state index contributed by atoms with van der Waals surface area (Å²) < 4.78 is 1.49. The number of halogens is 1. The van der Waals surface area contributed by atoms with E-state index in [1.807, 2.05) is 6.26 Å². The smallest absolute Gasteiger partial charge is 0.295 e. The van der Waals surface area contributed by atoms with Gasteiger partial charge in [0.2, 0.25) is 4.50 Å². The van der Waals surface area contributed by atoms with Crippen molar-refractivity contribution in [2.75, 3.05) is 19.1 Å². The molecule has 0 aliphatic rings. The Bertz CT molecular complexity index is 250. The monoisotopic (exact) mass is 286 g/mol. The summed E-state index contributed by atoms with van der Waals surface area (Å²) in [5.41, 5.74) is 0. The van der Waals surface area contributed by atoms with Crippen LogP contribution in [0.15, 0.2) is 17.8 Å².